The summed E-state index contributed by atoms with van der Waals surface area (Å²) in [5.41, 5.74) is 0.731. The molecular weight excluding hydrogens is 300 g/mol. The van der Waals surface area contributed by atoms with Crippen LogP contribution in [0.2, 0.25) is 0 Å². The highest BCUT2D eigenvalue weighted by atomic mass is 16.7. The Morgan fingerprint density at radius 3 is 2.91 bits per heavy atom. The van der Waals surface area contributed by atoms with E-state index in [0.29, 0.717) is 18.0 Å². The van der Waals surface area contributed by atoms with Gasteiger partial charge in [0.2, 0.25) is 12.7 Å². The van der Waals surface area contributed by atoms with Crippen molar-refractivity contribution >= 4 is 17.5 Å². The number of nitrogens with one attached hydrogen (secondary N) is 1. The van der Waals surface area contributed by atoms with E-state index in [0.717, 1.165) is 5.69 Å². The van der Waals surface area contributed by atoms with Crippen LogP contribution in [0.15, 0.2) is 41.0 Å². The van der Waals surface area contributed by atoms with Crippen LogP contribution in [0.25, 0.3) is 0 Å². The lowest BCUT2D eigenvalue weighted by molar-refractivity contribution is -0.117. The van der Waals surface area contributed by atoms with Crippen LogP contribution < -0.4 is 19.7 Å². The van der Waals surface area contributed by atoms with Gasteiger partial charge in [0.05, 0.1) is 12.3 Å². The van der Waals surface area contributed by atoms with Crippen LogP contribution in [0.5, 0.6) is 11.5 Å². The molecular formula is C16H14N2O5. The number of carbonyl (C=O) groups is 2. The van der Waals surface area contributed by atoms with Crippen molar-refractivity contribution in [2.75, 3.05) is 18.2 Å². The minimum Gasteiger partial charge on any atom is -0.459 e. The highest BCUT2D eigenvalue weighted by Gasteiger charge is 2.32. The van der Waals surface area contributed by atoms with Gasteiger partial charge in [-0.15, -0.1) is 0 Å². The van der Waals surface area contributed by atoms with Gasteiger partial charge >= 0.3 is 0 Å². The summed E-state index contributed by atoms with van der Waals surface area (Å²) in [6, 6.07) is 8.33. The number of carbonyl (C=O) groups excluding carboxylic acids is 2. The monoisotopic (exact) mass is 314 g/mol. The quantitative estimate of drug-likeness (QED) is 0.929. The molecule has 1 atom stereocenters. The number of furan rings is 1. The molecule has 0 bridgehead atoms. The molecule has 4 rings (SSSR count). The van der Waals surface area contributed by atoms with Crippen molar-refractivity contribution in [3.63, 3.8) is 0 Å². The van der Waals surface area contributed by atoms with E-state index in [2.05, 4.69) is 5.32 Å². The summed E-state index contributed by atoms with van der Waals surface area (Å²) in [5, 5.41) is 2.81. The SMILES string of the molecule is O=C(N[C@@H]1CC(=O)N(c2ccc3c(c2)OCO3)C1)c1ccco1. The number of anilines is 1. The zero-order valence-corrected chi connectivity index (χ0v) is 12.2. The summed E-state index contributed by atoms with van der Waals surface area (Å²) in [4.78, 5) is 25.9. The predicted octanol–water partition coefficient (Wildman–Crippen LogP) is 1.54. The second-order valence-electron chi connectivity index (χ2n) is 5.39. The number of hydrogen-bond donors (Lipinski definition) is 1. The van der Waals surface area contributed by atoms with Gasteiger partial charge in [-0.05, 0) is 24.3 Å². The maximum atomic E-state index is 12.2. The van der Waals surface area contributed by atoms with Crippen molar-refractivity contribution in [1.29, 1.82) is 0 Å². The first-order valence-corrected chi connectivity index (χ1v) is 7.25. The zero-order chi connectivity index (χ0) is 15.8. The number of amides is 2. The normalized spacial score (nSPS) is 19.2. The molecule has 1 N–H and O–H groups in total. The van der Waals surface area contributed by atoms with Gasteiger partial charge in [-0.25, -0.2) is 0 Å². The summed E-state index contributed by atoms with van der Waals surface area (Å²) in [6.45, 7) is 0.597. The third-order valence-corrected chi connectivity index (χ3v) is 3.87. The van der Waals surface area contributed by atoms with Crippen LogP contribution in [-0.2, 0) is 4.79 Å². The second kappa shape index (κ2) is 5.35. The summed E-state index contributed by atoms with van der Waals surface area (Å²) in [7, 11) is 0. The Morgan fingerprint density at radius 1 is 1.22 bits per heavy atom. The Labute approximate surface area is 131 Å². The summed E-state index contributed by atoms with van der Waals surface area (Å²) < 4.78 is 15.7. The molecule has 1 aromatic carbocycles. The first-order chi connectivity index (χ1) is 11.2. The van der Waals surface area contributed by atoms with Crippen molar-refractivity contribution in [2.24, 2.45) is 0 Å². The minimum atomic E-state index is -0.319. The Morgan fingerprint density at radius 2 is 2.09 bits per heavy atom. The van der Waals surface area contributed by atoms with Gasteiger partial charge in [0.15, 0.2) is 17.3 Å². The highest BCUT2D eigenvalue weighted by Crippen LogP contribution is 2.36. The zero-order valence-electron chi connectivity index (χ0n) is 12.2. The van der Waals surface area contributed by atoms with Gasteiger partial charge in [-0.3, -0.25) is 9.59 Å². The van der Waals surface area contributed by atoms with E-state index in [1.807, 2.05) is 6.07 Å². The summed E-state index contributed by atoms with van der Waals surface area (Å²) in [6.07, 6.45) is 1.69. The topological polar surface area (TPSA) is 81.0 Å². The molecule has 1 fully saturated rings. The Hall–Kier alpha value is -2.96. The van der Waals surface area contributed by atoms with Crippen LogP contribution >= 0.6 is 0 Å². The van der Waals surface area contributed by atoms with Gasteiger partial charge in [-0.1, -0.05) is 0 Å². The molecule has 7 heteroatoms. The Bertz CT molecular complexity index is 756. The number of fused-ring (bicyclic) bond motifs is 1. The molecule has 2 aliphatic rings. The van der Waals surface area contributed by atoms with E-state index in [4.69, 9.17) is 13.9 Å². The largest absolute Gasteiger partial charge is 0.459 e. The summed E-state index contributed by atoms with van der Waals surface area (Å²) >= 11 is 0. The number of nitrogens with zero attached hydrogens (tertiary/aromatic N) is 1. The standard InChI is InChI=1S/C16H14N2O5/c19-15-6-10(17-16(20)13-2-1-5-21-13)8-18(15)11-3-4-12-14(7-11)23-9-22-12/h1-5,7,10H,6,8-9H2,(H,17,20)/t10-/m1/s1. The smallest absolute Gasteiger partial charge is 0.287 e. The fraction of sp³-hybridized carbons (Fsp3) is 0.250. The van der Waals surface area contributed by atoms with Gasteiger partial charge < -0.3 is 24.1 Å². The molecule has 0 spiro atoms. The minimum absolute atomic E-state index is 0.0476. The molecule has 118 valence electrons. The molecule has 7 nitrogen and oxygen atoms in total. The molecule has 2 amide bonds. The predicted molar refractivity (Wildman–Crippen MR) is 79.5 cm³/mol. The van der Waals surface area contributed by atoms with E-state index in [1.165, 1.54) is 6.26 Å². The molecule has 2 aliphatic heterocycles. The van der Waals surface area contributed by atoms with Crippen molar-refractivity contribution in [3.05, 3.63) is 42.4 Å². The Balaban J connectivity index is 1.47. The van der Waals surface area contributed by atoms with Crippen LogP contribution in [0, 0.1) is 0 Å². The molecule has 2 aromatic rings. The fourth-order valence-corrected chi connectivity index (χ4v) is 2.77. The summed E-state index contributed by atoms with van der Waals surface area (Å²) in [5.74, 6) is 1.16. The molecule has 0 unspecified atom stereocenters. The third-order valence-electron chi connectivity index (χ3n) is 3.87. The third kappa shape index (κ3) is 2.50. The number of hydrogen-bond acceptors (Lipinski definition) is 5. The average Bonchev–Trinajstić information content (AvgIpc) is 3.26. The van der Waals surface area contributed by atoms with E-state index in [9.17, 15) is 9.59 Å². The first kappa shape index (κ1) is 13.7. The van der Waals surface area contributed by atoms with Gasteiger partial charge in [0.25, 0.3) is 5.91 Å². The van der Waals surface area contributed by atoms with E-state index < -0.39 is 0 Å². The maximum Gasteiger partial charge on any atom is 0.287 e. The van der Waals surface area contributed by atoms with Crippen LogP contribution in [0.1, 0.15) is 17.0 Å². The van der Waals surface area contributed by atoms with Crippen LogP contribution in [0.4, 0.5) is 5.69 Å². The lowest BCUT2D eigenvalue weighted by Gasteiger charge is -2.17. The highest BCUT2D eigenvalue weighted by molar-refractivity contribution is 5.98. The molecule has 0 radical (unpaired) electrons. The first-order valence-electron chi connectivity index (χ1n) is 7.25. The average molecular weight is 314 g/mol. The van der Waals surface area contributed by atoms with Crippen molar-refractivity contribution in [2.45, 2.75) is 12.5 Å². The van der Waals surface area contributed by atoms with Crippen molar-refractivity contribution < 1.29 is 23.5 Å². The number of rotatable bonds is 3. The van der Waals surface area contributed by atoms with Crippen LogP contribution in [0.3, 0.4) is 0 Å². The number of benzene rings is 1. The molecule has 0 saturated carbocycles. The number of ether oxygens (including phenoxy) is 2. The second-order valence-corrected chi connectivity index (χ2v) is 5.39. The molecule has 0 aliphatic carbocycles. The van der Waals surface area contributed by atoms with Gasteiger partial charge in [0.1, 0.15) is 0 Å². The Kier molecular flexibility index (Phi) is 3.18. The molecule has 23 heavy (non-hydrogen) atoms. The lowest BCUT2D eigenvalue weighted by Crippen LogP contribution is -2.37. The lowest BCUT2D eigenvalue weighted by atomic mass is 10.2. The van der Waals surface area contributed by atoms with Gasteiger partial charge in [-0.2, -0.15) is 0 Å². The van der Waals surface area contributed by atoms with E-state index >= 15 is 0 Å². The van der Waals surface area contributed by atoms with E-state index in [-0.39, 0.29) is 36.8 Å². The molecule has 1 saturated heterocycles. The van der Waals surface area contributed by atoms with Crippen LogP contribution in [-0.4, -0.2) is 31.2 Å². The van der Waals surface area contributed by atoms with Crippen molar-refractivity contribution in [3.8, 4) is 11.5 Å². The fourth-order valence-electron chi connectivity index (χ4n) is 2.77. The maximum absolute atomic E-state index is 12.2. The van der Waals surface area contributed by atoms with E-state index in [1.54, 1.807) is 29.2 Å². The van der Waals surface area contributed by atoms with Gasteiger partial charge in [0, 0.05) is 24.7 Å². The molecule has 3 heterocycles. The molecule has 1 aromatic heterocycles. The van der Waals surface area contributed by atoms with Crippen molar-refractivity contribution in [1.82, 2.24) is 5.32 Å².